The smallest absolute Gasteiger partial charge is 0.222 e. The van der Waals surface area contributed by atoms with Crippen molar-refractivity contribution in [1.82, 2.24) is 4.90 Å². The van der Waals surface area contributed by atoms with Crippen molar-refractivity contribution in [3.8, 4) is 0 Å². The number of halogens is 1. The Labute approximate surface area is 131 Å². The van der Waals surface area contributed by atoms with Crippen LogP contribution in [0.15, 0.2) is 24.3 Å². The molecule has 1 amide bonds. The van der Waals surface area contributed by atoms with Gasteiger partial charge in [0.1, 0.15) is 0 Å². The van der Waals surface area contributed by atoms with Gasteiger partial charge in [-0.05, 0) is 43.1 Å². The molecule has 116 valence electrons. The monoisotopic (exact) mass is 309 g/mol. The molecule has 0 aromatic heterocycles. The third-order valence-corrected chi connectivity index (χ3v) is 4.33. The zero-order valence-corrected chi connectivity index (χ0v) is 13.4. The number of amides is 1. The highest BCUT2D eigenvalue weighted by Gasteiger charge is 2.21. The number of nitrogens with two attached hydrogens (primary N) is 1. The Hall–Kier alpha value is -1.26. The van der Waals surface area contributed by atoms with Crippen LogP contribution in [0.3, 0.4) is 0 Å². The van der Waals surface area contributed by atoms with E-state index in [1.807, 2.05) is 29.2 Å². The number of benzene rings is 1. The summed E-state index contributed by atoms with van der Waals surface area (Å²) in [4.78, 5) is 16.4. The van der Waals surface area contributed by atoms with Crippen molar-refractivity contribution < 1.29 is 4.79 Å². The third-order valence-electron chi connectivity index (χ3n) is 4.08. The Balaban J connectivity index is 1.80. The molecule has 1 atom stereocenters. The average Bonchev–Trinajstić information content (AvgIpc) is 2.53. The Bertz CT molecular complexity index is 455. The summed E-state index contributed by atoms with van der Waals surface area (Å²) < 4.78 is 0. The van der Waals surface area contributed by atoms with Gasteiger partial charge in [-0.15, -0.1) is 0 Å². The van der Waals surface area contributed by atoms with Gasteiger partial charge in [0, 0.05) is 43.3 Å². The summed E-state index contributed by atoms with van der Waals surface area (Å²) in [5.41, 5.74) is 6.76. The SMILES string of the molecule is CC(CN)CCC(=O)N1CCN(c2ccc(Cl)cc2)CC1. The highest BCUT2D eigenvalue weighted by atomic mass is 35.5. The second kappa shape index (κ2) is 7.66. The average molecular weight is 310 g/mol. The van der Waals surface area contributed by atoms with E-state index in [9.17, 15) is 4.79 Å². The van der Waals surface area contributed by atoms with E-state index in [4.69, 9.17) is 17.3 Å². The summed E-state index contributed by atoms with van der Waals surface area (Å²) in [6.45, 7) is 6.07. The van der Waals surface area contributed by atoms with Crippen molar-refractivity contribution in [2.75, 3.05) is 37.6 Å². The molecule has 1 aliphatic rings. The van der Waals surface area contributed by atoms with Crippen molar-refractivity contribution in [3.05, 3.63) is 29.3 Å². The molecule has 0 saturated carbocycles. The number of carbonyl (C=O) groups excluding carboxylic acids is 1. The lowest BCUT2D eigenvalue weighted by Crippen LogP contribution is -2.48. The lowest BCUT2D eigenvalue weighted by atomic mass is 10.1. The molecule has 4 nitrogen and oxygen atoms in total. The van der Waals surface area contributed by atoms with E-state index >= 15 is 0 Å². The molecule has 1 fully saturated rings. The van der Waals surface area contributed by atoms with Gasteiger partial charge in [-0.2, -0.15) is 0 Å². The van der Waals surface area contributed by atoms with Crippen LogP contribution in [0, 0.1) is 5.92 Å². The first-order chi connectivity index (χ1) is 10.1. The van der Waals surface area contributed by atoms with Crippen molar-refractivity contribution in [1.29, 1.82) is 0 Å². The van der Waals surface area contributed by atoms with Crippen LogP contribution >= 0.6 is 11.6 Å². The van der Waals surface area contributed by atoms with Crippen LogP contribution in [0.2, 0.25) is 5.02 Å². The maximum atomic E-state index is 12.2. The van der Waals surface area contributed by atoms with Crippen molar-refractivity contribution >= 4 is 23.2 Å². The van der Waals surface area contributed by atoms with E-state index in [1.54, 1.807) is 0 Å². The minimum atomic E-state index is 0.256. The molecule has 0 radical (unpaired) electrons. The highest BCUT2D eigenvalue weighted by Crippen LogP contribution is 2.19. The fraction of sp³-hybridized carbons (Fsp3) is 0.562. The molecule has 1 saturated heterocycles. The molecule has 1 aliphatic heterocycles. The van der Waals surface area contributed by atoms with Gasteiger partial charge in [-0.25, -0.2) is 0 Å². The molecular formula is C16H24ClN3O. The zero-order valence-electron chi connectivity index (χ0n) is 12.6. The number of hydrogen-bond acceptors (Lipinski definition) is 3. The molecule has 0 bridgehead atoms. The summed E-state index contributed by atoms with van der Waals surface area (Å²) in [6.07, 6.45) is 1.49. The standard InChI is InChI=1S/C16H24ClN3O/c1-13(12-18)2-7-16(21)20-10-8-19(9-11-20)15-5-3-14(17)4-6-15/h3-6,13H,2,7-12,18H2,1H3. The van der Waals surface area contributed by atoms with Crippen molar-refractivity contribution in [2.24, 2.45) is 11.7 Å². The molecule has 1 unspecified atom stereocenters. The predicted octanol–water partition coefficient (Wildman–Crippen LogP) is 2.36. The minimum Gasteiger partial charge on any atom is -0.368 e. The van der Waals surface area contributed by atoms with Crippen LogP contribution in [-0.2, 0) is 4.79 Å². The van der Waals surface area contributed by atoms with Crippen LogP contribution in [0.5, 0.6) is 0 Å². The number of nitrogens with zero attached hydrogens (tertiary/aromatic N) is 2. The molecule has 0 spiro atoms. The van der Waals surface area contributed by atoms with E-state index < -0.39 is 0 Å². The molecule has 1 aromatic rings. The summed E-state index contributed by atoms with van der Waals surface area (Å²) in [7, 11) is 0. The van der Waals surface area contributed by atoms with Crippen LogP contribution < -0.4 is 10.6 Å². The molecule has 1 heterocycles. The number of carbonyl (C=O) groups is 1. The van der Waals surface area contributed by atoms with E-state index in [-0.39, 0.29) is 5.91 Å². The lowest BCUT2D eigenvalue weighted by Gasteiger charge is -2.36. The molecule has 1 aromatic carbocycles. The first-order valence-corrected chi connectivity index (χ1v) is 7.96. The molecule has 0 aliphatic carbocycles. The second-order valence-electron chi connectivity index (χ2n) is 5.72. The van der Waals surface area contributed by atoms with Gasteiger partial charge in [0.2, 0.25) is 5.91 Å². The van der Waals surface area contributed by atoms with Gasteiger partial charge >= 0.3 is 0 Å². The number of piperazine rings is 1. The van der Waals surface area contributed by atoms with Gasteiger partial charge in [0.05, 0.1) is 0 Å². The van der Waals surface area contributed by atoms with E-state index in [2.05, 4.69) is 11.8 Å². The Morgan fingerprint density at radius 3 is 2.43 bits per heavy atom. The summed E-state index contributed by atoms with van der Waals surface area (Å²) >= 11 is 5.91. The van der Waals surface area contributed by atoms with Crippen molar-refractivity contribution in [2.45, 2.75) is 19.8 Å². The number of rotatable bonds is 5. The first-order valence-electron chi connectivity index (χ1n) is 7.58. The largest absolute Gasteiger partial charge is 0.368 e. The van der Waals surface area contributed by atoms with Crippen LogP contribution in [0.1, 0.15) is 19.8 Å². The Kier molecular flexibility index (Phi) is 5.88. The second-order valence-corrected chi connectivity index (χ2v) is 6.16. The molecular weight excluding hydrogens is 286 g/mol. The maximum absolute atomic E-state index is 12.2. The van der Waals surface area contributed by atoms with Gasteiger partial charge in [0.15, 0.2) is 0 Å². The molecule has 2 rings (SSSR count). The maximum Gasteiger partial charge on any atom is 0.222 e. The summed E-state index contributed by atoms with van der Waals surface area (Å²) in [5.74, 6) is 0.676. The number of anilines is 1. The first kappa shape index (κ1) is 16.1. The Morgan fingerprint density at radius 1 is 1.24 bits per heavy atom. The van der Waals surface area contributed by atoms with Crippen LogP contribution in [0.4, 0.5) is 5.69 Å². The van der Waals surface area contributed by atoms with E-state index in [0.717, 1.165) is 37.6 Å². The van der Waals surface area contributed by atoms with E-state index in [1.165, 1.54) is 5.69 Å². The molecule has 5 heteroatoms. The van der Waals surface area contributed by atoms with Crippen LogP contribution in [0.25, 0.3) is 0 Å². The normalized spacial score (nSPS) is 16.9. The van der Waals surface area contributed by atoms with Gasteiger partial charge in [-0.3, -0.25) is 4.79 Å². The quantitative estimate of drug-likeness (QED) is 0.908. The number of hydrogen-bond donors (Lipinski definition) is 1. The van der Waals surface area contributed by atoms with E-state index in [0.29, 0.717) is 18.9 Å². The fourth-order valence-electron chi connectivity index (χ4n) is 2.51. The van der Waals surface area contributed by atoms with Gasteiger partial charge < -0.3 is 15.5 Å². The lowest BCUT2D eigenvalue weighted by molar-refractivity contribution is -0.131. The van der Waals surface area contributed by atoms with Gasteiger partial charge in [-0.1, -0.05) is 18.5 Å². The Morgan fingerprint density at radius 2 is 1.86 bits per heavy atom. The third kappa shape index (κ3) is 4.61. The highest BCUT2D eigenvalue weighted by molar-refractivity contribution is 6.30. The predicted molar refractivity (Wildman–Crippen MR) is 87.7 cm³/mol. The summed E-state index contributed by atoms with van der Waals surface area (Å²) in [5, 5.41) is 0.751. The van der Waals surface area contributed by atoms with Crippen molar-refractivity contribution in [3.63, 3.8) is 0 Å². The molecule has 2 N–H and O–H groups in total. The topological polar surface area (TPSA) is 49.6 Å². The molecule has 21 heavy (non-hydrogen) atoms. The van der Waals surface area contributed by atoms with Crippen LogP contribution in [-0.4, -0.2) is 43.5 Å². The zero-order chi connectivity index (χ0) is 15.2. The minimum absolute atomic E-state index is 0.256. The fourth-order valence-corrected chi connectivity index (χ4v) is 2.64. The summed E-state index contributed by atoms with van der Waals surface area (Å²) in [6, 6.07) is 7.87. The van der Waals surface area contributed by atoms with Gasteiger partial charge in [0.25, 0.3) is 0 Å².